The molecule has 6 heteroatoms. The van der Waals surface area contributed by atoms with Gasteiger partial charge in [-0.25, -0.2) is 4.79 Å². The number of fused-ring (bicyclic) bond motifs is 1. The van der Waals surface area contributed by atoms with Gasteiger partial charge in [0.1, 0.15) is 11.3 Å². The number of rotatable bonds is 5. The number of carbonyl (C=O) groups is 1. The van der Waals surface area contributed by atoms with Crippen LogP contribution in [0.4, 0.5) is 0 Å². The highest BCUT2D eigenvalue weighted by molar-refractivity contribution is 6.05. The summed E-state index contributed by atoms with van der Waals surface area (Å²) < 4.78 is 10.6. The molecule has 3 rings (SSSR count). The minimum atomic E-state index is -0.581. The Balaban J connectivity index is 1.94. The molecule has 0 fully saturated rings. The van der Waals surface area contributed by atoms with Crippen molar-refractivity contribution in [1.29, 1.82) is 0 Å². The molecule has 6 nitrogen and oxygen atoms in total. The maximum absolute atomic E-state index is 12.7. The van der Waals surface area contributed by atoms with E-state index in [9.17, 15) is 9.59 Å². The summed E-state index contributed by atoms with van der Waals surface area (Å²) in [4.78, 5) is 28.5. The fourth-order valence-electron chi connectivity index (χ4n) is 2.60. The van der Waals surface area contributed by atoms with Gasteiger partial charge in [-0.3, -0.25) is 9.78 Å². The van der Waals surface area contributed by atoms with Crippen LogP contribution < -0.4 is 15.7 Å². The number of carbonyl (C=O) groups excluding carboxylic acids is 1. The van der Waals surface area contributed by atoms with Gasteiger partial charge in [-0.05, 0) is 43.7 Å². The third-order valence-electron chi connectivity index (χ3n) is 3.83. The second kappa shape index (κ2) is 7.17. The van der Waals surface area contributed by atoms with Gasteiger partial charge in [0.15, 0.2) is 0 Å². The van der Waals surface area contributed by atoms with Crippen molar-refractivity contribution >= 4 is 16.9 Å². The lowest BCUT2D eigenvalue weighted by Gasteiger charge is -2.15. The van der Waals surface area contributed by atoms with E-state index >= 15 is 0 Å². The van der Waals surface area contributed by atoms with Crippen molar-refractivity contribution in [3.05, 3.63) is 70.3 Å². The largest absolute Gasteiger partial charge is 0.494 e. The molecule has 0 aliphatic heterocycles. The van der Waals surface area contributed by atoms with Crippen LogP contribution in [0.1, 0.15) is 35.8 Å². The number of benzene rings is 1. The molecule has 1 amide bonds. The van der Waals surface area contributed by atoms with Gasteiger partial charge in [0.25, 0.3) is 5.91 Å². The minimum absolute atomic E-state index is 0.222. The summed E-state index contributed by atoms with van der Waals surface area (Å²) in [5, 5.41) is 3.45. The number of hydrogen-bond donors (Lipinski definition) is 1. The van der Waals surface area contributed by atoms with Crippen LogP contribution >= 0.6 is 0 Å². The Labute approximate surface area is 144 Å². The summed E-state index contributed by atoms with van der Waals surface area (Å²) in [5.41, 5.74) is 0.937. The number of ether oxygens (including phenoxy) is 1. The van der Waals surface area contributed by atoms with Gasteiger partial charge < -0.3 is 14.5 Å². The number of hydrogen-bond acceptors (Lipinski definition) is 5. The Morgan fingerprint density at radius 1 is 1.24 bits per heavy atom. The van der Waals surface area contributed by atoms with E-state index in [1.807, 2.05) is 26.0 Å². The molecule has 3 aromatic rings. The van der Waals surface area contributed by atoms with E-state index in [-0.39, 0.29) is 17.5 Å². The van der Waals surface area contributed by atoms with Gasteiger partial charge in [-0.1, -0.05) is 0 Å². The van der Waals surface area contributed by atoms with Crippen LogP contribution in [0.15, 0.2) is 58.0 Å². The van der Waals surface area contributed by atoms with Crippen molar-refractivity contribution in [1.82, 2.24) is 10.3 Å². The predicted octanol–water partition coefficient (Wildman–Crippen LogP) is 3.08. The second-order valence-corrected chi connectivity index (χ2v) is 5.55. The Hall–Kier alpha value is -3.15. The SMILES string of the molecule is CCOc1ccc2c(C(=O)NC(C)c3ccncc3)cc(=O)oc2c1. The van der Waals surface area contributed by atoms with E-state index in [1.165, 1.54) is 6.07 Å². The Morgan fingerprint density at radius 2 is 2.00 bits per heavy atom. The van der Waals surface area contributed by atoms with Gasteiger partial charge >= 0.3 is 5.63 Å². The van der Waals surface area contributed by atoms with E-state index in [1.54, 1.807) is 30.6 Å². The van der Waals surface area contributed by atoms with Crippen LogP contribution in [0.3, 0.4) is 0 Å². The van der Waals surface area contributed by atoms with Crippen LogP contribution in [-0.4, -0.2) is 17.5 Å². The van der Waals surface area contributed by atoms with Gasteiger partial charge in [0, 0.05) is 29.9 Å². The molecule has 0 aliphatic rings. The van der Waals surface area contributed by atoms with Crippen molar-refractivity contribution in [2.75, 3.05) is 6.61 Å². The molecule has 0 aliphatic carbocycles. The lowest BCUT2D eigenvalue weighted by molar-refractivity contribution is 0.0941. The third kappa shape index (κ3) is 3.68. The Morgan fingerprint density at radius 3 is 2.72 bits per heavy atom. The lowest BCUT2D eigenvalue weighted by atomic mass is 10.1. The average molecular weight is 338 g/mol. The zero-order valence-corrected chi connectivity index (χ0v) is 14.0. The molecule has 25 heavy (non-hydrogen) atoms. The fraction of sp³-hybridized carbons (Fsp3) is 0.211. The average Bonchev–Trinajstić information content (AvgIpc) is 2.61. The molecule has 0 bridgehead atoms. The predicted molar refractivity (Wildman–Crippen MR) is 93.8 cm³/mol. The van der Waals surface area contributed by atoms with Crippen molar-refractivity contribution < 1.29 is 13.9 Å². The van der Waals surface area contributed by atoms with Gasteiger partial charge in [-0.15, -0.1) is 0 Å². The summed E-state index contributed by atoms with van der Waals surface area (Å²) in [6, 6.07) is 9.72. The first-order chi connectivity index (χ1) is 12.1. The van der Waals surface area contributed by atoms with Crippen LogP contribution in [0.25, 0.3) is 11.0 Å². The van der Waals surface area contributed by atoms with Crippen molar-refractivity contribution in [2.45, 2.75) is 19.9 Å². The summed E-state index contributed by atoms with van der Waals surface area (Å²) in [6.45, 7) is 4.23. The van der Waals surface area contributed by atoms with E-state index in [2.05, 4.69) is 10.3 Å². The van der Waals surface area contributed by atoms with Gasteiger partial charge in [0.05, 0.1) is 18.2 Å². The molecule has 2 heterocycles. The number of amides is 1. The number of nitrogens with one attached hydrogen (secondary N) is 1. The smallest absolute Gasteiger partial charge is 0.337 e. The van der Waals surface area contributed by atoms with Crippen molar-refractivity contribution in [3.63, 3.8) is 0 Å². The molecule has 0 saturated heterocycles. The van der Waals surface area contributed by atoms with Gasteiger partial charge in [0.2, 0.25) is 0 Å². The zero-order valence-electron chi connectivity index (χ0n) is 14.0. The first kappa shape index (κ1) is 16.7. The highest BCUT2D eigenvalue weighted by Crippen LogP contribution is 2.23. The minimum Gasteiger partial charge on any atom is -0.494 e. The molecule has 0 spiro atoms. The van der Waals surface area contributed by atoms with Crippen LogP contribution in [0.2, 0.25) is 0 Å². The summed E-state index contributed by atoms with van der Waals surface area (Å²) in [6.07, 6.45) is 3.33. The Bertz CT molecular complexity index is 951. The normalized spacial score (nSPS) is 11.9. The number of pyridine rings is 1. The highest BCUT2D eigenvalue weighted by atomic mass is 16.5. The van der Waals surface area contributed by atoms with Crippen LogP contribution in [0, 0.1) is 0 Å². The fourth-order valence-corrected chi connectivity index (χ4v) is 2.60. The quantitative estimate of drug-likeness (QED) is 0.723. The second-order valence-electron chi connectivity index (χ2n) is 5.55. The molecular weight excluding hydrogens is 320 g/mol. The maximum atomic E-state index is 12.7. The molecule has 1 unspecified atom stereocenters. The summed E-state index contributed by atoms with van der Waals surface area (Å²) in [5.74, 6) is 0.243. The topological polar surface area (TPSA) is 81.4 Å². The summed E-state index contributed by atoms with van der Waals surface area (Å²) in [7, 11) is 0. The molecular formula is C19H18N2O4. The van der Waals surface area contributed by atoms with Gasteiger partial charge in [-0.2, -0.15) is 0 Å². The first-order valence-electron chi connectivity index (χ1n) is 8.00. The first-order valence-corrected chi connectivity index (χ1v) is 8.00. The molecule has 2 aromatic heterocycles. The monoisotopic (exact) mass is 338 g/mol. The van der Waals surface area contributed by atoms with E-state index < -0.39 is 5.63 Å². The standard InChI is InChI=1S/C19H18N2O4/c1-3-24-14-4-5-15-16(11-18(22)25-17(15)10-14)19(23)21-12(2)13-6-8-20-9-7-13/h4-12H,3H2,1-2H3,(H,21,23). The third-order valence-corrected chi connectivity index (χ3v) is 3.83. The summed E-state index contributed by atoms with van der Waals surface area (Å²) >= 11 is 0. The van der Waals surface area contributed by atoms with E-state index in [0.717, 1.165) is 5.56 Å². The van der Waals surface area contributed by atoms with E-state index in [4.69, 9.17) is 9.15 Å². The molecule has 1 atom stereocenters. The zero-order chi connectivity index (χ0) is 17.8. The number of nitrogens with zero attached hydrogens (tertiary/aromatic N) is 1. The van der Waals surface area contributed by atoms with Crippen molar-refractivity contribution in [3.8, 4) is 5.75 Å². The number of aromatic nitrogens is 1. The molecule has 1 N–H and O–H groups in total. The van der Waals surface area contributed by atoms with Crippen LogP contribution in [0.5, 0.6) is 5.75 Å². The lowest BCUT2D eigenvalue weighted by Crippen LogP contribution is -2.27. The highest BCUT2D eigenvalue weighted by Gasteiger charge is 2.16. The maximum Gasteiger partial charge on any atom is 0.337 e. The molecule has 0 saturated carbocycles. The van der Waals surface area contributed by atoms with Crippen molar-refractivity contribution in [2.24, 2.45) is 0 Å². The van der Waals surface area contributed by atoms with E-state index in [0.29, 0.717) is 23.3 Å². The Kier molecular flexibility index (Phi) is 4.79. The molecule has 0 radical (unpaired) electrons. The molecule has 128 valence electrons. The molecule has 1 aromatic carbocycles. The van der Waals surface area contributed by atoms with Crippen LogP contribution in [-0.2, 0) is 0 Å².